The summed E-state index contributed by atoms with van der Waals surface area (Å²) < 4.78 is 27.3. The van der Waals surface area contributed by atoms with E-state index in [4.69, 9.17) is 0 Å². The molecule has 1 N–H and O–H groups in total. The molecule has 30 heavy (non-hydrogen) atoms. The number of sulfonamides is 1. The fourth-order valence-electron chi connectivity index (χ4n) is 3.61. The van der Waals surface area contributed by atoms with Crippen LogP contribution >= 0.6 is 0 Å². The Balaban J connectivity index is 1.66. The lowest BCUT2D eigenvalue weighted by Gasteiger charge is -2.30. The second-order valence-corrected chi connectivity index (χ2v) is 9.98. The fourth-order valence-corrected chi connectivity index (χ4v) is 5.14. The number of nitrogens with one attached hydrogen (secondary N) is 1. The van der Waals surface area contributed by atoms with E-state index >= 15 is 0 Å². The molecule has 7 heteroatoms. The van der Waals surface area contributed by atoms with Gasteiger partial charge in [-0.2, -0.15) is 9.41 Å². The van der Waals surface area contributed by atoms with Crippen LogP contribution in [-0.4, -0.2) is 37.9 Å². The van der Waals surface area contributed by atoms with Crippen LogP contribution in [0.2, 0.25) is 0 Å². The molecule has 6 nitrogen and oxygen atoms in total. The molecule has 0 aliphatic carbocycles. The highest BCUT2D eigenvalue weighted by atomic mass is 32.2. The van der Waals surface area contributed by atoms with Gasteiger partial charge in [0.05, 0.1) is 17.0 Å². The first-order valence-corrected chi connectivity index (χ1v) is 11.6. The largest absolute Gasteiger partial charge is 0.273 e. The molecule has 160 valence electrons. The molecule has 0 spiro atoms. The molecule has 1 atom stereocenters. The van der Waals surface area contributed by atoms with Crippen molar-refractivity contribution in [2.24, 2.45) is 11.0 Å². The van der Waals surface area contributed by atoms with Crippen molar-refractivity contribution < 1.29 is 13.2 Å². The molecule has 1 aliphatic heterocycles. The molecular weight excluding hydrogens is 398 g/mol. The Morgan fingerprint density at radius 3 is 2.43 bits per heavy atom. The minimum absolute atomic E-state index is 0.167. The molecule has 1 amide bonds. The molecule has 3 rings (SSSR count). The van der Waals surface area contributed by atoms with Crippen molar-refractivity contribution in [1.29, 1.82) is 0 Å². The standard InChI is InChI=1S/C23H29N3O3S/c1-16-7-9-22(10-8-16)30(28,29)26-11-5-6-20(15-26)23(27)25-24-14-21-13-18(3)17(2)12-19(21)4/h7-10,12-14,20H,5-6,11,15H2,1-4H3,(H,25,27)/b24-14-/t20-/m0/s1. The Kier molecular flexibility index (Phi) is 6.73. The van der Waals surface area contributed by atoms with Gasteiger partial charge in [0.2, 0.25) is 15.9 Å². The van der Waals surface area contributed by atoms with E-state index in [0.717, 1.165) is 22.3 Å². The zero-order valence-corrected chi connectivity index (χ0v) is 18.8. The maximum Gasteiger partial charge on any atom is 0.244 e. The number of piperidine rings is 1. The van der Waals surface area contributed by atoms with Gasteiger partial charge in [0.1, 0.15) is 0 Å². The minimum atomic E-state index is -3.61. The van der Waals surface area contributed by atoms with E-state index in [-0.39, 0.29) is 17.3 Å². The van der Waals surface area contributed by atoms with Gasteiger partial charge in [0, 0.05) is 13.1 Å². The minimum Gasteiger partial charge on any atom is -0.273 e. The quantitative estimate of drug-likeness (QED) is 0.586. The molecule has 1 fully saturated rings. The molecule has 2 aromatic rings. The zero-order valence-electron chi connectivity index (χ0n) is 18.0. The van der Waals surface area contributed by atoms with E-state index in [1.807, 2.05) is 26.8 Å². The van der Waals surface area contributed by atoms with Crippen molar-refractivity contribution in [3.63, 3.8) is 0 Å². The maximum atomic E-state index is 12.9. The highest BCUT2D eigenvalue weighted by Gasteiger charge is 2.33. The highest BCUT2D eigenvalue weighted by molar-refractivity contribution is 7.89. The molecular formula is C23H29N3O3S. The van der Waals surface area contributed by atoms with Gasteiger partial charge < -0.3 is 0 Å². The van der Waals surface area contributed by atoms with Crippen LogP contribution in [0.25, 0.3) is 0 Å². The number of hydrogen-bond acceptors (Lipinski definition) is 4. The third-order valence-electron chi connectivity index (χ3n) is 5.67. The third-order valence-corrected chi connectivity index (χ3v) is 7.55. The van der Waals surface area contributed by atoms with Crippen LogP contribution in [0.15, 0.2) is 46.4 Å². The van der Waals surface area contributed by atoms with Gasteiger partial charge in [0.15, 0.2) is 0 Å². The number of nitrogens with zero attached hydrogens (tertiary/aromatic N) is 2. The summed E-state index contributed by atoms with van der Waals surface area (Å²) in [5.74, 6) is -0.673. The predicted octanol–water partition coefficient (Wildman–Crippen LogP) is 3.47. The van der Waals surface area contributed by atoms with Crippen LogP contribution in [0.3, 0.4) is 0 Å². The summed E-state index contributed by atoms with van der Waals surface area (Å²) in [6, 6.07) is 10.9. The molecule has 0 bridgehead atoms. The Morgan fingerprint density at radius 1 is 1.07 bits per heavy atom. The average Bonchev–Trinajstić information content (AvgIpc) is 2.72. The van der Waals surface area contributed by atoms with Crippen molar-refractivity contribution in [1.82, 2.24) is 9.73 Å². The van der Waals surface area contributed by atoms with E-state index in [2.05, 4.69) is 23.5 Å². The van der Waals surface area contributed by atoms with Gasteiger partial charge in [0.25, 0.3) is 0 Å². The summed E-state index contributed by atoms with van der Waals surface area (Å²) in [6.07, 6.45) is 2.93. The van der Waals surface area contributed by atoms with Crippen LogP contribution < -0.4 is 5.43 Å². The maximum absolute atomic E-state index is 12.9. The molecule has 1 saturated heterocycles. The van der Waals surface area contributed by atoms with E-state index in [1.54, 1.807) is 30.5 Å². The summed E-state index contributed by atoms with van der Waals surface area (Å²) in [5, 5.41) is 4.11. The SMILES string of the molecule is Cc1ccc(S(=O)(=O)N2CCC[C@H](C(=O)N/N=C\c3cc(C)c(C)cc3C)C2)cc1. The third kappa shape index (κ3) is 4.96. The van der Waals surface area contributed by atoms with Crippen LogP contribution in [0.4, 0.5) is 0 Å². The zero-order chi connectivity index (χ0) is 21.9. The number of hydrogen-bond donors (Lipinski definition) is 1. The summed E-state index contributed by atoms with van der Waals surface area (Å²) >= 11 is 0. The second kappa shape index (κ2) is 9.10. The lowest BCUT2D eigenvalue weighted by Crippen LogP contribution is -2.44. The van der Waals surface area contributed by atoms with E-state index in [9.17, 15) is 13.2 Å². The number of carbonyl (C=O) groups is 1. The van der Waals surface area contributed by atoms with Crippen LogP contribution in [-0.2, 0) is 14.8 Å². The molecule has 0 radical (unpaired) electrons. The molecule has 1 heterocycles. The summed E-state index contributed by atoms with van der Waals surface area (Å²) in [7, 11) is -3.61. The van der Waals surface area contributed by atoms with Gasteiger partial charge in [-0.25, -0.2) is 13.8 Å². The predicted molar refractivity (Wildman–Crippen MR) is 119 cm³/mol. The second-order valence-electron chi connectivity index (χ2n) is 8.04. The number of hydrazone groups is 1. The summed E-state index contributed by atoms with van der Waals surface area (Å²) in [4.78, 5) is 12.9. The van der Waals surface area contributed by atoms with E-state index < -0.39 is 15.9 Å². The first kappa shape index (κ1) is 22.2. The first-order chi connectivity index (χ1) is 14.2. The Hall–Kier alpha value is -2.51. The van der Waals surface area contributed by atoms with Gasteiger partial charge in [-0.05, 0) is 81.0 Å². The van der Waals surface area contributed by atoms with Crippen LogP contribution in [0.1, 0.15) is 40.7 Å². The highest BCUT2D eigenvalue weighted by Crippen LogP contribution is 2.24. The fraction of sp³-hybridized carbons (Fsp3) is 0.391. The number of amides is 1. The van der Waals surface area contributed by atoms with Gasteiger partial charge >= 0.3 is 0 Å². The first-order valence-electron chi connectivity index (χ1n) is 10.2. The lowest BCUT2D eigenvalue weighted by molar-refractivity contribution is -0.126. The topological polar surface area (TPSA) is 78.8 Å². The molecule has 0 aromatic heterocycles. The summed E-state index contributed by atoms with van der Waals surface area (Å²) in [5.41, 5.74) is 8.01. The average molecular weight is 428 g/mol. The number of benzene rings is 2. The summed E-state index contributed by atoms with van der Waals surface area (Å²) in [6.45, 7) is 8.60. The Labute approximate surface area is 179 Å². The van der Waals surface area contributed by atoms with E-state index in [0.29, 0.717) is 19.4 Å². The van der Waals surface area contributed by atoms with Crippen molar-refractivity contribution in [3.8, 4) is 0 Å². The Bertz CT molecular complexity index is 1060. The smallest absolute Gasteiger partial charge is 0.244 e. The van der Waals surface area contributed by atoms with E-state index in [1.165, 1.54) is 9.87 Å². The molecule has 0 unspecified atom stereocenters. The molecule has 1 aliphatic rings. The van der Waals surface area contributed by atoms with Gasteiger partial charge in [-0.1, -0.05) is 23.8 Å². The molecule has 0 saturated carbocycles. The van der Waals surface area contributed by atoms with Gasteiger partial charge in [-0.15, -0.1) is 0 Å². The van der Waals surface area contributed by atoms with Crippen LogP contribution in [0, 0.1) is 33.6 Å². The van der Waals surface area contributed by atoms with Crippen molar-refractivity contribution in [2.45, 2.75) is 45.4 Å². The van der Waals surface area contributed by atoms with Gasteiger partial charge in [-0.3, -0.25) is 4.79 Å². The van der Waals surface area contributed by atoms with Crippen molar-refractivity contribution in [2.75, 3.05) is 13.1 Å². The lowest BCUT2D eigenvalue weighted by atomic mass is 9.99. The molecule has 2 aromatic carbocycles. The number of aryl methyl sites for hydroxylation is 4. The number of rotatable bonds is 5. The Morgan fingerprint density at radius 2 is 1.73 bits per heavy atom. The van der Waals surface area contributed by atoms with Crippen molar-refractivity contribution in [3.05, 3.63) is 64.2 Å². The van der Waals surface area contributed by atoms with Crippen molar-refractivity contribution >= 4 is 22.1 Å². The monoisotopic (exact) mass is 427 g/mol. The normalized spacial score (nSPS) is 17.9. The van der Waals surface area contributed by atoms with Crippen LogP contribution in [0.5, 0.6) is 0 Å². The number of carbonyl (C=O) groups excluding carboxylic acids is 1.